The van der Waals surface area contributed by atoms with E-state index < -0.39 is 23.4 Å². The van der Waals surface area contributed by atoms with E-state index in [0.717, 1.165) is 0 Å². The summed E-state index contributed by atoms with van der Waals surface area (Å²) in [7, 11) is 0. The highest BCUT2D eigenvalue weighted by Crippen LogP contribution is 2.14. The Hall–Kier alpha value is -3.37. The molecule has 0 bridgehead atoms. The maximum atomic E-state index is 11.7. The van der Waals surface area contributed by atoms with Crippen LogP contribution in [0.1, 0.15) is 54.4 Å². The average molecular weight is 476 g/mol. The Morgan fingerprint density at radius 2 is 1.26 bits per heavy atom. The van der Waals surface area contributed by atoms with Gasteiger partial charge in [-0.05, 0) is 66.5 Å². The summed E-state index contributed by atoms with van der Waals surface area (Å²) in [5, 5.41) is 11.9. The zero-order chi connectivity index (χ0) is 25.2. The molecule has 11 nitrogen and oxygen atoms in total. The molecule has 2 amide bonds. The van der Waals surface area contributed by atoms with Crippen molar-refractivity contribution in [3.8, 4) is 0 Å². The molecule has 0 aliphatic carbocycles. The fraction of sp³-hybridized carbons (Fsp3) is 0.609. The van der Waals surface area contributed by atoms with Crippen molar-refractivity contribution in [2.45, 2.75) is 65.6 Å². The second kappa shape index (κ2) is 12.2. The lowest BCUT2D eigenvalue weighted by Crippen LogP contribution is -2.33. The first-order chi connectivity index (χ1) is 15.9. The molecule has 188 valence electrons. The zero-order valence-corrected chi connectivity index (χ0v) is 20.9. The quantitative estimate of drug-likeness (QED) is 0.379. The largest absolute Gasteiger partial charge is 0.444 e. The van der Waals surface area contributed by atoms with Crippen LogP contribution in [-0.2, 0) is 9.47 Å². The van der Waals surface area contributed by atoms with Crippen molar-refractivity contribution in [3.05, 3.63) is 18.3 Å². The normalized spacial score (nSPS) is 11.6. The highest BCUT2D eigenvalue weighted by molar-refractivity contribution is 5.73. The number of rotatable bonds is 10. The lowest BCUT2D eigenvalue weighted by molar-refractivity contribution is 0.0516. The van der Waals surface area contributed by atoms with Crippen molar-refractivity contribution >= 4 is 35.0 Å². The molecule has 0 aliphatic heterocycles. The van der Waals surface area contributed by atoms with Gasteiger partial charge in [0.1, 0.15) is 28.4 Å². The second-order valence-corrected chi connectivity index (χ2v) is 9.71. The molecule has 0 aromatic carbocycles. The predicted molar refractivity (Wildman–Crippen MR) is 132 cm³/mol. The molecule has 2 aromatic heterocycles. The van der Waals surface area contributed by atoms with Crippen molar-refractivity contribution in [1.82, 2.24) is 25.6 Å². The van der Waals surface area contributed by atoms with E-state index in [1.807, 2.05) is 53.7 Å². The van der Waals surface area contributed by atoms with Gasteiger partial charge in [0.05, 0.1) is 6.20 Å². The number of carbonyl (C=O) groups excluding carboxylic acids is 2. The van der Waals surface area contributed by atoms with Crippen LogP contribution in [0.3, 0.4) is 0 Å². The van der Waals surface area contributed by atoms with Gasteiger partial charge in [-0.3, -0.25) is 0 Å². The minimum Gasteiger partial charge on any atom is -0.444 e. The molecule has 0 saturated carbocycles. The van der Waals surface area contributed by atoms with Crippen LogP contribution in [0.15, 0.2) is 18.3 Å². The molecule has 0 fully saturated rings. The molecule has 34 heavy (non-hydrogen) atoms. The van der Waals surface area contributed by atoms with Crippen molar-refractivity contribution < 1.29 is 19.1 Å². The summed E-state index contributed by atoms with van der Waals surface area (Å²) >= 11 is 0. The Bertz CT molecular complexity index is 882. The van der Waals surface area contributed by atoms with E-state index >= 15 is 0 Å². The minimum atomic E-state index is -0.513. The number of pyridine rings is 1. The summed E-state index contributed by atoms with van der Waals surface area (Å²) in [6.45, 7) is 13.2. The van der Waals surface area contributed by atoms with Crippen LogP contribution in [0.2, 0.25) is 0 Å². The van der Waals surface area contributed by atoms with E-state index in [0.29, 0.717) is 61.8 Å². The number of anilines is 2. The van der Waals surface area contributed by atoms with Crippen LogP contribution in [-0.4, -0.2) is 64.5 Å². The third-order valence-corrected chi connectivity index (χ3v) is 4.06. The van der Waals surface area contributed by atoms with Crippen LogP contribution >= 0.6 is 0 Å². The van der Waals surface area contributed by atoms with Gasteiger partial charge in [0.15, 0.2) is 5.65 Å². The maximum Gasteiger partial charge on any atom is 0.407 e. The molecule has 2 rings (SSSR count). The van der Waals surface area contributed by atoms with Gasteiger partial charge in [-0.1, -0.05) is 0 Å². The van der Waals surface area contributed by atoms with Gasteiger partial charge in [-0.25, -0.2) is 24.5 Å². The number of fused-ring (bicyclic) bond motifs is 1. The number of carbonyl (C=O) groups is 2. The summed E-state index contributed by atoms with van der Waals surface area (Å²) in [6, 6.07) is 3.69. The molecular weight excluding hydrogens is 438 g/mol. The number of amides is 2. The summed E-state index contributed by atoms with van der Waals surface area (Å²) < 4.78 is 10.4. The number of hydrogen-bond acceptors (Lipinski definition) is 9. The Kier molecular flexibility index (Phi) is 9.64. The number of nitrogens with zero attached hydrogens (tertiary/aromatic N) is 3. The van der Waals surface area contributed by atoms with E-state index in [1.165, 1.54) is 0 Å². The monoisotopic (exact) mass is 475 g/mol. The van der Waals surface area contributed by atoms with Crippen molar-refractivity contribution in [1.29, 1.82) is 0 Å². The standard InChI is InChI=1S/C23H37N7O4/c1-22(2,3)33-20(31)26-13-7-11-24-17-10-9-16-19(29-17)30-18(15-28-16)25-12-8-14-27-21(32)34-23(4,5)6/h9-10,15H,7-8,11-14H2,1-6H3,(H,26,31)(H,27,32)(H2,24,25,29,30). The van der Waals surface area contributed by atoms with E-state index in [-0.39, 0.29) is 0 Å². The molecule has 11 heteroatoms. The Morgan fingerprint density at radius 1 is 0.765 bits per heavy atom. The summed E-state index contributed by atoms with van der Waals surface area (Å²) in [5.74, 6) is 1.29. The average Bonchev–Trinajstić information content (AvgIpc) is 2.70. The molecule has 0 spiro atoms. The SMILES string of the molecule is CC(C)(C)OC(=O)NCCCNc1ccc2ncc(NCCCNC(=O)OC(C)(C)C)nc2n1. The Morgan fingerprint density at radius 3 is 1.79 bits per heavy atom. The molecular formula is C23H37N7O4. The fourth-order valence-corrected chi connectivity index (χ4v) is 2.70. The first kappa shape index (κ1) is 26.9. The molecule has 2 heterocycles. The van der Waals surface area contributed by atoms with Gasteiger partial charge in [-0.2, -0.15) is 0 Å². The topological polar surface area (TPSA) is 139 Å². The molecule has 0 atom stereocenters. The van der Waals surface area contributed by atoms with Gasteiger partial charge >= 0.3 is 12.2 Å². The van der Waals surface area contributed by atoms with Crippen molar-refractivity contribution in [2.75, 3.05) is 36.8 Å². The highest BCUT2D eigenvalue weighted by Gasteiger charge is 2.16. The van der Waals surface area contributed by atoms with Gasteiger partial charge in [0, 0.05) is 26.2 Å². The number of nitrogens with one attached hydrogen (secondary N) is 4. The van der Waals surface area contributed by atoms with Crippen LogP contribution < -0.4 is 21.3 Å². The van der Waals surface area contributed by atoms with Crippen LogP contribution in [0.5, 0.6) is 0 Å². The van der Waals surface area contributed by atoms with E-state index in [1.54, 1.807) is 6.20 Å². The maximum absolute atomic E-state index is 11.7. The summed E-state index contributed by atoms with van der Waals surface area (Å²) in [5.41, 5.74) is 0.187. The van der Waals surface area contributed by atoms with Gasteiger partial charge in [0.2, 0.25) is 0 Å². The van der Waals surface area contributed by atoms with Crippen LogP contribution in [0.4, 0.5) is 21.2 Å². The van der Waals surface area contributed by atoms with Crippen LogP contribution in [0, 0.1) is 0 Å². The lowest BCUT2D eigenvalue weighted by Gasteiger charge is -2.19. The number of ether oxygens (including phenoxy) is 2. The molecule has 2 aromatic rings. The lowest BCUT2D eigenvalue weighted by atomic mass is 10.2. The molecule has 4 N–H and O–H groups in total. The Labute approximate surface area is 200 Å². The molecule has 0 radical (unpaired) electrons. The van der Waals surface area contributed by atoms with Gasteiger partial charge in [-0.15, -0.1) is 0 Å². The minimum absolute atomic E-state index is 0.424. The number of aromatic nitrogens is 3. The summed E-state index contributed by atoms with van der Waals surface area (Å²) in [6.07, 6.45) is 2.21. The van der Waals surface area contributed by atoms with E-state index in [2.05, 4.69) is 36.2 Å². The molecule has 0 saturated heterocycles. The van der Waals surface area contributed by atoms with Crippen LogP contribution in [0.25, 0.3) is 11.2 Å². The second-order valence-electron chi connectivity index (χ2n) is 9.71. The van der Waals surface area contributed by atoms with E-state index in [9.17, 15) is 9.59 Å². The number of hydrogen-bond donors (Lipinski definition) is 4. The first-order valence-corrected chi connectivity index (χ1v) is 11.5. The highest BCUT2D eigenvalue weighted by atomic mass is 16.6. The number of alkyl carbamates (subject to hydrolysis) is 2. The molecule has 0 aliphatic rings. The van der Waals surface area contributed by atoms with Gasteiger partial charge < -0.3 is 30.7 Å². The van der Waals surface area contributed by atoms with Crippen molar-refractivity contribution in [3.63, 3.8) is 0 Å². The summed E-state index contributed by atoms with van der Waals surface area (Å²) in [4.78, 5) is 36.7. The first-order valence-electron chi connectivity index (χ1n) is 11.5. The van der Waals surface area contributed by atoms with E-state index in [4.69, 9.17) is 9.47 Å². The third kappa shape index (κ3) is 11.0. The zero-order valence-electron chi connectivity index (χ0n) is 20.9. The smallest absolute Gasteiger partial charge is 0.407 e. The Balaban J connectivity index is 1.73. The fourth-order valence-electron chi connectivity index (χ4n) is 2.70. The van der Waals surface area contributed by atoms with Crippen molar-refractivity contribution in [2.24, 2.45) is 0 Å². The van der Waals surface area contributed by atoms with Gasteiger partial charge in [0.25, 0.3) is 0 Å². The third-order valence-electron chi connectivity index (χ3n) is 4.06. The predicted octanol–water partition coefficient (Wildman–Crippen LogP) is 3.68. The molecule has 0 unspecified atom stereocenters.